The highest BCUT2D eigenvalue weighted by molar-refractivity contribution is 5.95. The van der Waals surface area contributed by atoms with Gasteiger partial charge in [0, 0.05) is 12.7 Å². The number of benzene rings is 2. The lowest BCUT2D eigenvalue weighted by Gasteiger charge is -2.22. The molecule has 0 aliphatic carbocycles. The minimum absolute atomic E-state index is 0.0724. The van der Waals surface area contributed by atoms with E-state index in [1.54, 1.807) is 18.9 Å². The monoisotopic (exact) mass is 269 g/mol. The Balaban J connectivity index is 2.03. The first-order valence-corrected chi connectivity index (χ1v) is 6.64. The van der Waals surface area contributed by atoms with Crippen LogP contribution < -0.4 is 9.64 Å². The molecule has 0 radical (unpaired) electrons. The molecule has 0 unspecified atom stereocenters. The highest BCUT2D eigenvalue weighted by Crippen LogP contribution is 2.16. The molecule has 0 fully saturated rings. The summed E-state index contributed by atoms with van der Waals surface area (Å²) >= 11 is 0. The average molecular weight is 269 g/mol. The fraction of sp³-hybridized carbons (Fsp3) is 0.235. The van der Waals surface area contributed by atoms with Gasteiger partial charge in [-0.05, 0) is 38.1 Å². The van der Waals surface area contributed by atoms with Crippen LogP contribution in [0.3, 0.4) is 0 Å². The number of para-hydroxylation sites is 1. The normalized spacial score (nSPS) is 11.8. The molecule has 2 aromatic carbocycles. The summed E-state index contributed by atoms with van der Waals surface area (Å²) in [7, 11) is 1.76. The third kappa shape index (κ3) is 3.38. The molecule has 1 amide bonds. The number of likely N-dealkylation sites (N-methyl/N-ethyl adjacent to an activating group) is 1. The van der Waals surface area contributed by atoms with Crippen molar-refractivity contribution in [1.29, 1.82) is 0 Å². The number of carbonyl (C=O) groups excluding carboxylic acids is 1. The van der Waals surface area contributed by atoms with Crippen LogP contribution in [-0.2, 0) is 4.79 Å². The number of hydrogen-bond acceptors (Lipinski definition) is 2. The maximum atomic E-state index is 12.3. The van der Waals surface area contributed by atoms with Gasteiger partial charge in [-0.1, -0.05) is 35.9 Å². The Kier molecular flexibility index (Phi) is 4.41. The molecule has 0 spiro atoms. The zero-order valence-electron chi connectivity index (χ0n) is 12.0. The molecule has 0 saturated heterocycles. The van der Waals surface area contributed by atoms with Gasteiger partial charge in [0.25, 0.3) is 5.91 Å². The van der Waals surface area contributed by atoms with E-state index in [1.807, 2.05) is 61.5 Å². The Morgan fingerprint density at radius 2 is 1.65 bits per heavy atom. The van der Waals surface area contributed by atoms with E-state index in [0.29, 0.717) is 5.75 Å². The van der Waals surface area contributed by atoms with Gasteiger partial charge in [0.15, 0.2) is 6.10 Å². The Morgan fingerprint density at radius 1 is 1.05 bits per heavy atom. The predicted octanol–water partition coefficient (Wildman–Crippen LogP) is 3.43. The van der Waals surface area contributed by atoms with Gasteiger partial charge >= 0.3 is 0 Å². The van der Waals surface area contributed by atoms with Crippen LogP contribution in [0, 0.1) is 6.92 Å². The second kappa shape index (κ2) is 6.24. The number of amides is 1. The van der Waals surface area contributed by atoms with Gasteiger partial charge in [-0.25, -0.2) is 0 Å². The third-order valence-electron chi connectivity index (χ3n) is 3.16. The lowest BCUT2D eigenvalue weighted by Crippen LogP contribution is -2.37. The standard InChI is InChI=1S/C17H19NO2/c1-13-9-11-16(12-10-13)20-14(2)17(19)18(3)15-7-5-4-6-8-15/h4-12,14H,1-3H3/t14-/m0/s1. The first-order chi connectivity index (χ1) is 9.58. The molecule has 0 N–H and O–H groups in total. The number of hydrogen-bond donors (Lipinski definition) is 0. The molecule has 20 heavy (non-hydrogen) atoms. The topological polar surface area (TPSA) is 29.5 Å². The predicted molar refractivity (Wildman–Crippen MR) is 81.1 cm³/mol. The van der Waals surface area contributed by atoms with Crippen molar-refractivity contribution in [3.63, 3.8) is 0 Å². The number of rotatable bonds is 4. The minimum atomic E-state index is -0.525. The molecular weight excluding hydrogens is 250 g/mol. The lowest BCUT2D eigenvalue weighted by molar-refractivity contribution is -0.124. The second-order valence-corrected chi connectivity index (χ2v) is 4.81. The highest BCUT2D eigenvalue weighted by Gasteiger charge is 2.20. The van der Waals surface area contributed by atoms with Gasteiger partial charge in [-0.3, -0.25) is 4.79 Å². The fourth-order valence-electron chi connectivity index (χ4n) is 1.92. The van der Waals surface area contributed by atoms with Crippen molar-refractivity contribution in [1.82, 2.24) is 0 Å². The number of ether oxygens (including phenoxy) is 1. The van der Waals surface area contributed by atoms with Crippen LogP contribution in [0.25, 0.3) is 0 Å². The molecular formula is C17H19NO2. The van der Waals surface area contributed by atoms with E-state index in [2.05, 4.69) is 0 Å². The van der Waals surface area contributed by atoms with Gasteiger partial charge in [0.1, 0.15) is 5.75 Å². The third-order valence-corrected chi connectivity index (χ3v) is 3.16. The van der Waals surface area contributed by atoms with E-state index >= 15 is 0 Å². The summed E-state index contributed by atoms with van der Waals surface area (Å²) in [5.74, 6) is 0.634. The quantitative estimate of drug-likeness (QED) is 0.851. The van der Waals surface area contributed by atoms with Gasteiger partial charge in [-0.15, -0.1) is 0 Å². The molecule has 0 bridgehead atoms. The van der Waals surface area contributed by atoms with Crippen molar-refractivity contribution in [3.05, 3.63) is 60.2 Å². The van der Waals surface area contributed by atoms with E-state index in [4.69, 9.17) is 4.74 Å². The van der Waals surface area contributed by atoms with Crippen LogP contribution in [0.1, 0.15) is 12.5 Å². The molecule has 2 rings (SSSR count). The van der Waals surface area contributed by atoms with Crippen LogP contribution in [0.15, 0.2) is 54.6 Å². The largest absolute Gasteiger partial charge is 0.481 e. The second-order valence-electron chi connectivity index (χ2n) is 4.81. The van der Waals surface area contributed by atoms with Crippen LogP contribution in [0.2, 0.25) is 0 Å². The molecule has 0 aromatic heterocycles. The molecule has 2 aromatic rings. The molecule has 1 atom stereocenters. The van der Waals surface area contributed by atoms with Crippen LogP contribution in [0.4, 0.5) is 5.69 Å². The molecule has 0 aliphatic heterocycles. The van der Waals surface area contributed by atoms with Crippen molar-refractivity contribution in [2.24, 2.45) is 0 Å². The number of nitrogens with zero attached hydrogens (tertiary/aromatic N) is 1. The summed E-state index contributed by atoms with van der Waals surface area (Å²) in [6.45, 7) is 3.78. The van der Waals surface area contributed by atoms with E-state index < -0.39 is 6.10 Å². The summed E-state index contributed by atoms with van der Waals surface area (Å²) in [5, 5.41) is 0. The Hall–Kier alpha value is -2.29. The Morgan fingerprint density at radius 3 is 2.25 bits per heavy atom. The van der Waals surface area contributed by atoms with Crippen LogP contribution in [0.5, 0.6) is 5.75 Å². The summed E-state index contributed by atoms with van der Waals surface area (Å²) in [6, 6.07) is 17.2. The summed E-state index contributed by atoms with van der Waals surface area (Å²) in [5.41, 5.74) is 2.02. The maximum absolute atomic E-state index is 12.3. The molecule has 104 valence electrons. The van der Waals surface area contributed by atoms with E-state index in [1.165, 1.54) is 0 Å². The fourth-order valence-corrected chi connectivity index (χ4v) is 1.92. The molecule has 3 heteroatoms. The SMILES string of the molecule is Cc1ccc(O[C@@H](C)C(=O)N(C)c2ccccc2)cc1. The van der Waals surface area contributed by atoms with Crippen LogP contribution in [-0.4, -0.2) is 19.1 Å². The number of aryl methyl sites for hydroxylation is 1. The van der Waals surface area contributed by atoms with Crippen molar-refractivity contribution in [3.8, 4) is 5.75 Å². The van der Waals surface area contributed by atoms with Gasteiger partial charge < -0.3 is 9.64 Å². The minimum Gasteiger partial charge on any atom is -0.481 e. The first-order valence-electron chi connectivity index (χ1n) is 6.64. The van der Waals surface area contributed by atoms with E-state index in [0.717, 1.165) is 11.3 Å². The number of anilines is 1. The van der Waals surface area contributed by atoms with E-state index in [-0.39, 0.29) is 5.91 Å². The zero-order valence-corrected chi connectivity index (χ0v) is 12.0. The van der Waals surface area contributed by atoms with E-state index in [9.17, 15) is 4.79 Å². The van der Waals surface area contributed by atoms with Crippen molar-refractivity contribution in [2.45, 2.75) is 20.0 Å². The van der Waals surface area contributed by atoms with Crippen molar-refractivity contribution in [2.75, 3.05) is 11.9 Å². The van der Waals surface area contributed by atoms with Gasteiger partial charge in [0.05, 0.1) is 0 Å². The zero-order chi connectivity index (χ0) is 14.5. The van der Waals surface area contributed by atoms with Gasteiger partial charge in [-0.2, -0.15) is 0 Å². The van der Waals surface area contributed by atoms with Crippen molar-refractivity contribution >= 4 is 11.6 Å². The summed E-state index contributed by atoms with van der Waals surface area (Å²) in [6.07, 6.45) is -0.525. The molecule has 0 saturated carbocycles. The molecule has 0 aliphatic rings. The Labute approximate surface area is 119 Å². The number of carbonyl (C=O) groups is 1. The maximum Gasteiger partial charge on any atom is 0.267 e. The Bertz CT molecular complexity index is 563. The van der Waals surface area contributed by atoms with Crippen LogP contribution >= 0.6 is 0 Å². The molecule has 3 nitrogen and oxygen atoms in total. The molecule has 0 heterocycles. The first kappa shape index (κ1) is 14.1. The smallest absolute Gasteiger partial charge is 0.267 e. The average Bonchev–Trinajstić information content (AvgIpc) is 2.49. The lowest BCUT2D eigenvalue weighted by atomic mass is 10.2. The highest BCUT2D eigenvalue weighted by atomic mass is 16.5. The van der Waals surface area contributed by atoms with Crippen molar-refractivity contribution < 1.29 is 9.53 Å². The summed E-state index contributed by atoms with van der Waals surface area (Å²) < 4.78 is 5.68. The van der Waals surface area contributed by atoms with Gasteiger partial charge in [0.2, 0.25) is 0 Å². The summed E-state index contributed by atoms with van der Waals surface area (Å²) in [4.78, 5) is 13.9.